The average Bonchev–Trinajstić information content (AvgIpc) is 2.61. The SMILES string of the molecule is Cc1ncccc1C(=O)NCC1CCN(c2ncccc2F)CC1. The molecule has 1 saturated heterocycles. The lowest BCUT2D eigenvalue weighted by Gasteiger charge is -2.33. The lowest BCUT2D eigenvalue weighted by atomic mass is 9.96. The van der Waals surface area contributed by atoms with Gasteiger partial charge in [-0.2, -0.15) is 0 Å². The third-order valence-corrected chi connectivity index (χ3v) is 4.46. The van der Waals surface area contributed by atoms with Gasteiger partial charge in [-0.05, 0) is 49.9 Å². The highest BCUT2D eigenvalue weighted by molar-refractivity contribution is 5.95. The molecule has 0 saturated carbocycles. The molecule has 0 unspecified atom stereocenters. The highest BCUT2D eigenvalue weighted by Gasteiger charge is 2.22. The number of hydrogen-bond donors (Lipinski definition) is 1. The lowest BCUT2D eigenvalue weighted by molar-refractivity contribution is 0.0944. The second-order valence-electron chi connectivity index (χ2n) is 6.09. The summed E-state index contributed by atoms with van der Waals surface area (Å²) < 4.78 is 13.8. The van der Waals surface area contributed by atoms with Crippen LogP contribution >= 0.6 is 0 Å². The van der Waals surface area contributed by atoms with E-state index in [4.69, 9.17) is 0 Å². The van der Waals surface area contributed by atoms with E-state index in [1.54, 1.807) is 30.6 Å². The molecule has 3 heterocycles. The molecule has 24 heavy (non-hydrogen) atoms. The predicted octanol–water partition coefficient (Wildman–Crippen LogP) is 2.57. The Morgan fingerprint density at radius 3 is 2.67 bits per heavy atom. The summed E-state index contributed by atoms with van der Waals surface area (Å²) in [6.07, 6.45) is 5.10. The molecular formula is C18H21FN4O. The summed E-state index contributed by atoms with van der Waals surface area (Å²) in [4.78, 5) is 22.5. The van der Waals surface area contributed by atoms with E-state index in [0.717, 1.165) is 31.6 Å². The van der Waals surface area contributed by atoms with Crippen LogP contribution in [0.3, 0.4) is 0 Å². The number of aromatic nitrogens is 2. The molecule has 0 bridgehead atoms. The standard InChI is InChI=1S/C18H21FN4O/c1-13-15(4-2-8-20-13)18(24)22-12-14-6-10-23(11-7-14)17-16(19)5-3-9-21-17/h2-5,8-9,14H,6-7,10-12H2,1H3,(H,22,24). The van der Waals surface area contributed by atoms with Gasteiger partial charge in [0.25, 0.3) is 5.91 Å². The van der Waals surface area contributed by atoms with Crippen LogP contribution in [0, 0.1) is 18.7 Å². The molecule has 1 fully saturated rings. The molecule has 126 valence electrons. The van der Waals surface area contributed by atoms with E-state index in [2.05, 4.69) is 15.3 Å². The first kappa shape index (κ1) is 16.4. The summed E-state index contributed by atoms with van der Waals surface area (Å²) >= 11 is 0. The Balaban J connectivity index is 1.50. The first-order valence-corrected chi connectivity index (χ1v) is 8.20. The van der Waals surface area contributed by atoms with Crippen molar-refractivity contribution in [2.45, 2.75) is 19.8 Å². The minimum atomic E-state index is -0.281. The van der Waals surface area contributed by atoms with E-state index in [1.807, 2.05) is 11.8 Å². The van der Waals surface area contributed by atoms with Crippen molar-refractivity contribution in [2.75, 3.05) is 24.5 Å². The van der Waals surface area contributed by atoms with Crippen LogP contribution < -0.4 is 10.2 Å². The largest absolute Gasteiger partial charge is 0.354 e. The number of carbonyl (C=O) groups is 1. The Kier molecular flexibility index (Phi) is 5.03. The van der Waals surface area contributed by atoms with Crippen molar-refractivity contribution in [3.63, 3.8) is 0 Å². The Morgan fingerprint density at radius 2 is 1.96 bits per heavy atom. The molecule has 0 aromatic carbocycles. The maximum atomic E-state index is 13.8. The van der Waals surface area contributed by atoms with Gasteiger partial charge in [-0.15, -0.1) is 0 Å². The molecule has 1 aliphatic heterocycles. The summed E-state index contributed by atoms with van der Waals surface area (Å²) in [5.41, 5.74) is 1.35. The van der Waals surface area contributed by atoms with E-state index >= 15 is 0 Å². The van der Waals surface area contributed by atoms with Crippen LogP contribution in [0.4, 0.5) is 10.2 Å². The number of nitrogens with one attached hydrogen (secondary N) is 1. The molecule has 1 aliphatic rings. The van der Waals surface area contributed by atoms with E-state index in [1.165, 1.54) is 6.07 Å². The van der Waals surface area contributed by atoms with E-state index < -0.39 is 0 Å². The summed E-state index contributed by atoms with van der Waals surface area (Å²) in [6, 6.07) is 6.58. The highest BCUT2D eigenvalue weighted by atomic mass is 19.1. The molecule has 0 atom stereocenters. The van der Waals surface area contributed by atoms with Crippen molar-refractivity contribution >= 4 is 11.7 Å². The highest BCUT2D eigenvalue weighted by Crippen LogP contribution is 2.23. The van der Waals surface area contributed by atoms with Crippen LogP contribution in [-0.2, 0) is 0 Å². The van der Waals surface area contributed by atoms with Crippen LogP contribution in [0.5, 0.6) is 0 Å². The molecule has 5 nitrogen and oxygen atoms in total. The van der Waals surface area contributed by atoms with Crippen molar-refractivity contribution in [1.82, 2.24) is 15.3 Å². The average molecular weight is 328 g/mol. The van der Waals surface area contributed by atoms with Gasteiger partial charge in [0, 0.05) is 37.7 Å². The predicted molar refractivity (Wildman–Crippen MR) is 90.4 cm³/mol. The molecule has 2 aromatic heterocycles. The molecular weight excluding hydrogens is 307 g/mol. The van der Waals surface area contributed by atoms with Gasteiger partial charge in [0.2, 0.25) is 0 Å². The van der Waals surface area contributed by atoms with Gasteiger partial charge in [-0.1, -0.05) is 0 Å². The fraction of sp³-hybridized carbons (Fsp3) is 0.389. The van der Waals surface area contributed by atoms with Crippen LogP contribution in [0.15, 0.2) is 36.7 Å². The van der Waals surface area contributed by atoms with Gasteiger partial charge in [-0.25, -0.2) is 9.37 Å². The van der Waals surface area contributed by atoms with Gasteiger partial charge in [0.1, 0.15) is 0 Å². The fourth-order valence-corrected chi connectivity index (χ4v) is 3.02. The number of halogens is 1. The van der Waals surface area contributed by atoms with Crippen molar-refractivity contribution in [3.05, 3.63) is 53.7 Å². The van der Waals surface area contributed by atoms with Crippen LogP contribution in [0.1, 0.15) is 28.9 Å². The zero-order chi connectivity index (χ0) is 16.9. The van der Waals surface area contributed by atoms with Crippen molar-refractivity contribution in [3.8, 4) is 0 Å². The zero-order valence-corrected chi connectivity index (χ0v) is 13.7. The minimum absolute atomic E-state index is 0.0844. The van der Waals surface area contributed by atoms with Crippen LogP contribution in [0.2, 0.25) is 0 Å². The Morgan fingerprint density at radius 1 is 1.25 bits per heavy atom. The van der Waals surface area contributed by atoms with Crippen molar-refractivity contribution < 1.29 is 9.18 Å². The number of nitrogens with zero attached hydrogens (tertiary/aromatic N) is 3. The number of anilines is 1. The summed E-state index contributed by atoms with van der Waals surface area (Å²) in [7, 11) is 0. The van der Waals surface area contributed by atoms with Gasteiger partial charge in [-0.3, -0.25) is 9.78 Å². The van der Waals surface area contributed by atoms with Crippen LogP contribution in [0.25, 0.3) is 0 Å². The number of pyridine rings is 2. The molecule has 0 aliphatic carbocycles. The lowest BCUT2D eigenvalue weighted by Crippen LogP contribution is -2.39. The molecule has 2 aromatic rings. The normalized spacial score (nSPS) is 15.3. The quantitative estimate of drug-likeness (QED) is 0.937. The van der Waals surface area contributed by atoms with Gasteiger partial charge >= 0.3 is 0 Å². The monoisotopic (exact) mass is 328 g/mol. The molecule has 0 spiro atoms. The van der Waals surface area contributed by atoms with Crippen molar-refractivity contribution in [1.29, 1.82) is 0 Å². The van der Waals surface area contributed by atoms with Gasteiger partial charge in [0.05, 0.1) is 5.56 Å². The first-order chi connectivity index (χ1) is 11.6. The number of rotatable bonds is 4. The van der Waals surface area contributed by atoms with Crippen LogP contribution in [-0.4, -0.2) is 35.5 Å². The van der Waals surface area contributed by atoms with Crippen molar-refractivity contribution in [2.24, 2.45) is 5.92 Å². The first-order valence-electron chi connectivity index (χ1n) is 8.20. The Bertz CT molecular complexity index is 714. The molecule has 0 radical (unpaired) electrons. The molecule has 3 rings (SSSR count). The second kappa shape index (κ2) is 7.38. The Labute approximate surface area is 140 Å². The smallest absolute Gasteiger partial charge is 0.253 e. The third-order valence-electron chi connectivity index (χ3n) is 4.46. The molecule has 1 amide bonds. The van der Waals surface area contributed by atoms with E-state index in [9.17, 15) is 9.18 Å². The van der Waals surface area contributed by atoms with Gasteiger partial charge < -0.3 is 10.2 Å². The number of amides is 1. The number of carbonyl (C=O) groups excluding carboxylic acids is 1. The zero-order valence-electron chi connectivity index (χ0n) is 13.7. The topological polar surface area (TPSA) is 58.1 Å². The molecule has 1 N–H and O–H groups in total. The fourth-order valence-electron chi connectivity index (χ4n) is 3.02. The Hall–Kier alpha value is -2.50. The number of aryl methyl sites for hydroxylation is 1. The summed E-state index contributed by atoms with van der Waals surface area (Å²) in [5, 5.41) is 2.99. The van der Waals surface area contributed by atoms with E-state index in [0.29, 0.717) is 23.8 Å². The summed E-state index contributed by atoms with van der Waals surface area (Å²) in [6.45, 7) is 3.96. The maximum Gasteiger partial charge on any atom is 0.253 e. The number of piperidine rings is 1. The minimum Gasteiger partial charge on any atom is -0.354 e. The molecule has 6 heteroatoms. The second-order valence-corrected chi connectivity index (χ2v) is 6.09. The third kappa shape index (κ3) is 3.69. The summed E-state index contributed by atoms with van der Waals surface area (Å²) in [5.74, 6) is 0.454. The van der Waals surface area contributed by atoms with Gasteiger partial charge in [0.15, 0.2) is 11.6 Å². The maximum absolute atomic E-state index is 13.8. The van der Waals surface area contributed by atoms with E-state index in [-0.39, 0.29) is 11.7 Å². The number of hydrogen-bond acceptors (Lipinski definition) is 4.